The average Bonchev–Trinajstić information content (AvgIpc) is 2.15. The maximum atomic E-state index is 10.4. The molecule has 1 amide bonds. The summed E-state index contributed by atoms with van der Waals surface area (Å²) in [5, 5.41) is 11.0. The molecule has 0 saturated heterocycles. The second-order valence-corrected chi connectivity index (χ2v) is 5.50. The van der Waals surface area contributed by atoms with Gasteiger partial charge < -0.3 is 10.4 Å². The van der Waals surface area contributed by atoms with E-state index in [1.54, 1.807) is 0 Å². The molecule has 0 spiro atoms. The summed E-state index contributed by atoms with van der Waals surface area (Å²) in [5.74, 6) is 1.73. The first-order valence-corrected chi connectivity index (χ1v) is 5.58. The fourth-order valence-corrected chi connectivity index (χ4v) is 3.25. The van der Waals surface area contributed by atoms with Gasteiger partial charge in [-0.3, -0.25) is 0 Å². The zero-order valence-electron chi connectivity index (χ0n) is 9.42. The highest BCUT2D eigenvalue weighted by Gasteiger charge is 2.54. The lowest BCUT2D eigenvalue weighted by Crippen LogP contribution is -2.53. The molecular weight excluding hydrogens is 190 g/mol. The molecule has 3 nitrogen and oxygen atoms in total. The predicted octanol–water partition coefficient (Wildman–Crippen LogP) is 2.49. The standard InChI is InChI=1S/C12H19NO2/c1-7-8(6-13-11(14)15)4-9-5-10(7)12(9,2)3/h8-10,13H,1,4-6H2,2-3H3,(H,14,15). The van der Waals surface area contributed by atoms with Crippen LogP contribution in [0.25, 0.3) is 0 Å². The number of carbonyl (C=O) groups is 1. The highest BCUT2D eigenvalue weighted by molar-refractivity contribution is 5.64. The van der Waals surface area contributed by atoms with E-state index in [4.69, 9.17) is 5.11 Å². The summed E-state index contributed by atoms with van der Waals surface area (Å²) in [6.07, 6.45) is 1.43. The molecule has 0 radical (unpaired) electrons. The van der Waals surface area contributed by atoms with Gasteiger partial charge in [0.1, 0.15) is 0 Å². The van der Waals surface area contributed by atoms with Gasteiger partial charge in [0.25, 0.3) is 0 Å². The summed E-state index contributed by atoms with van der Waals surface area (Å²) < 4.78 is 0. The van der Waals surface area contributed by atoms with Gasteiger partial charge in [-0.1, -0.05) is 26.0 Å². The van der Waals surface area contributed by atoms with E-state index in [-0.39, 0.29) is 0 Å². The summed E-state index contributed by atoms with van der Waals surface area (Å²) in [7, 11) is 0. The zero-order valence-corrected chi connectivity index (χ0v) is 9.42. The fraction of sp³-hybridized carbons (Fsp3) is 0.750. The summed E-state index contributed by atoms with van der Waals surface area (Å²) in [4.78, 5) is 10.4. The van der Waals surface area contributed by atoms with Gasteiger partial charge in [-0.15, -0.1) is 0 Å². The van der Waals surface area contributed by atoms with E-state index in [9.17, 15) is 4.79 Å². The second-order valence-electron chi connectivity index (χ2n) is 5.50. The van der Waals surface area contributed by atoms with Crippen LogP contribution in [0.15, 0.2) is 12.2 Å². The van der Waals surface area contributed by atoms with E-state index < -0.39 is 6.09 Å². The maximum absolute atomic E-state index is 10.4. The molecule has 0 heterocycles. The van der Waals surface area contributed by atoms with Crippen molar-refractivity contribution in [1.82, 2.24) is 5.32 Å². The molecule has 3 atom stereocenters. The highest BCUT2D eigenvalue weighted by Crippen LogP contribution is 2.62. The quantitative estimate of drug-likeness (QED) is 0.686. The summed E-state index contributed by atoms with van der Waals surface area (Å²) in [6.45, 7) is 9.30. The largest absolute Gasteiger partial charge is 0.465 e. The molecule has 15 heavy (non-hydrogen) atoms. The summed E-state index contributed by atoms with van der Waals surface area (Å²) >= 11 is 0. The third kappa shape index (κ3) is 1.54. The molecular formula is C12H19NO2. The lowest BCUT2D eigenvalue weighted by Gasteiger charge is -2.60. The Morgan fingerprint density at radius 2 is 2.27 bits per heavy atom. The fourth-order valence-electron chi connectivity index (χ4n) is 3.25. The van der Waals surface area contributed by atoms with Gasteiger partial charge in [0, 0.05) is 6.54 Å². The van der Waals surface area contributed by atoms with Crippen LogP contribution in [0.5, 0.6) is 0 Å². The summed E-state index contributed by atoms with van der Waals surface area (Å²) in [5.41, 5.74) is 1.66. The number of rotatable bonds is 2. The van der Waals surface area contributed by atoms with Crippen LogP contribution in [0.2, 0.25) is 0 Å². The topological polar surface area (TPSA) is 49.3 Å². The molecule has 84 valence electrons. The monoisotopic (exact) mass is 209 g/mol. The zero-order chi connectivity index (χ0) is 11.2. The molecule has 2 bridgehead atoms. The smallest absolute Gasteiger partial charge is 0.404 e. The number of hydrogen-bond donors (Lipinski definition) is 2. The number of amides is 1. The molecule has 0 aliphatic heterocycles. The molecule has 0 aromatic carbocycles. The minimum atomic E-state index is -0.929. The normalized spacial score (nSPS) is 36.9. The molecule has 3 aliphatic rings. The Kier molecular flexibility index (Phi) is 2.28. The van der Waals surface area contributed by atoms with Gasteiger partial charge in [0.05, 0.1) is 0 Å². The first-order valence-electron chi connectivity index (χ1n) is 5.58. The number of nitrogens with one attached hydrogen (secondary N) is 1. The first-order chi connectivity index (χ1) is 6.93. The van der Waals surface area contributed by atoms with E-state index in [1.807, 2.05) is 0 Å². The Morgan fingerprint density at radius 3 is 2.73 bits per heavy atom. The number of fused-ring (bicyclic) bond motifs is 2. The maximum Gasteiger partial charge on any atom is 0.404 e. The SMILES string of the molecule is C=C1C(CNC(=O)O)CC2CC1C2(C)C. The molecule has 3 rings (SSSR count). The molecule has 3 fully saturated rings. The molecule has 3 heteroatoms. The Balaban J connectivity index is 1.97. The lowest BCUT2D eigenvalue weighted by atomic mass is 9.45. The minimum Gasteiger partial charge on any atom is -0.465 e. The van der Waals surface area contributed by atoms with E-state index >= 15 is 0 Å². The van der Waals surface area contributed by atoms with Crippen LogP contribution < -0.4 is 5.32 Å². The van der Waals surface area contributed by atoms with Crippen molar-refractivity contribution in [3.63, 3.8) is 0 Å². The van der Waals surface area contributed by atoms with Gasteiger partial charge in [0.15, 0.2) is 0 Å². The van der Waals surface area contributed by atoms with E-state index in [1.165, 1.54) is 12.0 Å². The molecule has 3 saturated carbocycles. The third-order valence-corrected chi connectivity index (χ3v) is 4.51. The van der Waals surface area contributed by atoms with Crippen molar-refractivity contribution < 1.29 is 9.90 Å². The van der Waals surface area contributed by atoms with E-state index in [2.05, 4.69) is 25.7 Å². The van der Waals surface area contributed by atoms with Crippen LogP contribution >= 0.6 is 0 Å². The Labute approximate surface area is 90.6 Å². The predicted molar refractivity (Wildman–Crippen MR) is 58.7 cm³/mol. The molecule has 2 N–H and O–H groups in total. The minimum absolute atomic E-state index is 0.359. The second kappa shape index (κ2) is 3.26. The molecule has 3 aliphatic carbocycles. The van der Waals surface area contributed by atoms with Crippen LogP contribution in [-0.4, -0.2) is 17.7 Å². The van der Waals surface area contributed by atoms with Crippen LogP contribution in [0.3, 0.4) is 0 Å². The van der Waals surface area contributed by atoms with Crippen molar-refractivity contribution in [2.45, 2.75) is 26.7 Å². The Morgan fingerprint density at radius 1 is 1.60 bits per heavy atom. The van der Waals surface area contributed by atoms with Crippen LogP contribution in [0, 0.1) is 23.2 Å². The van der Waals surface area contributed by atoms with Gasteiger partial charge >= 0.3 is 6.09 Å². The van der Waals surface area contributed by atoms with Crippen LogP contribution in [-0.2, 0) is 0 Å². The van der Waals surface area contributed by atoms with Crippen molar-refractivity contribution in [1.29, 1.82) is 0 Å². The lowest BCUT2D eigenvalue weighted by molar-refractivity contribution is -0.0461. The van der Waals surface area contributed by atoms with Crippen LogP contribution in [0.4, 0.5) is 4.79 Å². The van der Waals surface area contributed by atoms with Gasteiger partial charge in [0.2, 0.25) is 0 Å². The van der Waals surface area contributed by atoms with Crippen molar-refractivity contribution >= 4 is 6.09 Å². The highest BCUT2D eigenvalue weighted by atomic mass is 16.4. The Bertz CT molecular complexity index is 309. The van der Waals surface area contributed by atoms with Gasteiger partial charge in [-0.05, 0) is 36.0 Å². The van der Waals surface area contributed by atoms with Crippen LogP contribution in [0.1, 0.15) is 26.7 Å². The summed E-state index contributed by atoms with van der Waals surface area (Å²) in [6, 6.07) is 0. The van der Waals surface area contributed by atoms with Crippen molar-refractivity contribution in [2.75, 3.05) is 6.54 Å². The molecule has 0 aromatic heterocycles. The van der Waals surface area contributed by atoms with Gasteiger partial charge in [-0.25, -0.2) is 4.79 Å². The van der Waals surface area contributed by atoms with Crippen molar-refractivity contribution in [3.05, 3.63) is 12.2 Å². The first kappa shape index (κ1) is 10.5. The molecule has 3 unspecified atom stereocenters. The Hall–Kier alpha value is -0.990. The average molecular weight is 209 g/mol. The van der Waals surface area contributed by atoms with E-state index in [0.717, 1.165) is 12.3 Å². The third-order valence-electron chi connectivity index (χ3n) is 4.51. The number of carboxylic acid groups (broad SMARTS) is 1. The molecule has 0 aromatic rings. The number of hydrogen-bond acceptors (Lipinski definition) is 1. The van der Waals surface area contributed by atoms with E-state index in [0.29, 0.717) is 23.8 Å². The van der Waals surface area contributed by atoms with Crippen molar-refractivity contribution in [2.24, 2.45) is 23.2 Å². The van der Waals surface area contributed by atoms with Gasteiger partial charge in [-0.2, -0.15) is 0 Å². The van der Waals surface area contributed by atoms with Crippen molar-refractivity contribution in [3.8, 4) is 0 Å².